The first-order valence-corrected chi connectivity index (χ1v) is 10.4. The van der Waals surface area contributed by atoms with Crippen LogP contribution in [0.1, 0.15) is 22.0 Å². The van der Waals surface area contributed by atoms with E-state index >= 15 is 0 Å². The van der Waals surface area contributed by atoms with E-state index < -0.39 is 48.3 Å². The summed E-state index contributed by atoms with van der Waals surface area (Å²) in [4.78, 5) is 23.0. The van der Waals surface area contributed by atoms with Crippen LogP contribution in [-0.2, 0) is 4.74 Å². The number of esters is 1. The summed E-state index contributed by atoms with van der Waals surface area (Å²) in [7, 11) is 0. The lowest BCUT2D eigenvalue weighted by molar-refractivity contribution is -0.258. The molecule has 0 aliphatic carbocycles. The summed E-state index contributed by atoms with van der Waals surface area (Å²) in [5.74, 6) is -3.64. The first-order valence-electron chi connectivity index (χ1n) is 10.4. The zero-order chi connectivity index (χ0) is 23.4. The van der Waals surface area contributed by atoms with Gasteiger partial charge in [0.2, 0.25) is 5.79 Å². The van der Waals surface area contributed by atoms with Crippen LogP contribution >= 0.6 is 0 Å². The van der Waals surface area contributed by atoms with Crippen LogP contribution in [0.4, 0.5) is 0 Å². The van der Waals surface area contributed by atoms with Gasteiger partial charge in [-0.1, -0.05) is 48.5 Å². The Hall–Kier alpha value is -3.67. The highest BCUT2D eigenvalue weighted by atomic mass is 16.6. The van der Waals surface area contributed by atoms with Crippen LogP contribution in [0.25, 0.3) is 0 Å². The zero-order valence-electron chi connectivity index (χ0n) is 17.4. The number of nitrogens with zero attached hydrogens (tertiary/aromatic N) is 3. The highest BCUT2D eigenvalue weighted by Gasteiger charge is 2.77. The SMILES string of the molecule is NC1=N[C@H]2[C@H](CO)N=C(N)N3[C@H](c4ccccc4)[C@H](OC(=O)c4ccccc4)C(O)(O)[C@]23N1. The molecular formula is C22H24N6O5. The van der Waals surface area contributed by atoms with Crippen LogP contribution in [0, 0.1) is 0 Å². The molecule has 3 heterocycles. The molecule has 0 bridgehead atoms. The van der Waals surface area contributed by atoms with Gasteiger partial charge in [-0.2, -0.15) is 0 Å². The number of guanidine groups is 2. The summed E-state index contributed by atoms with van der Waals surface area (Å²) in [5, 5.41) is 36.0. The van der Waals surface area contributed by atoms with Crippen molar-refractivity contribution in [2.75, 3.05) is 6.61 Å². The predicted octanol–water partition coefficient (Wildman–Crippen LogP) is -1.38. The molecule has 0 saturated carbocycles. The van der Waals surface area contributed by atoms with E-state index in [4.69, 9.17) is 16.2 Å². The van der Waals surface area contributed by atoms with Crippen molar-refractivity contribution >= 4 is 17.9 Å². The number of benzene rings is 2. The molecular weight excluding hydrogens is 428 g/mol. The normalized spacial score (nSPS) is 31.7. The van der Waals surface area contributed by atoms with Gasteiger partial charge in [0.25, 0.3) is 0 Å². The van der Waals surface area contributed by atoms with Crippen molar-refractivity contribution in [2.24, 2.45) is 21.5 Å². The summed E-state index contributed by atoms with van der Waals surface area (Å²) >= 11 is 0. The average Bonchev–Trinajstić information content (AvgIpc) is 3.27. The molecule has 5 atom stereocenters. The van der Waals surface area contributed by atoms with E-state index in [1.807, 2.05) is 0 Å². The number of aliphatic imine (C=N–C) groups is 2. The van der Waals surface area contributed by atoms with Crippen molar-refractivity contribution in [3.05, 3.63) is 71.8 Å². The highest BCUT2D eigenvalue weighted by Crippen LogP contribution is 2.53. The molecule has 1 spiro atoms. The molecule has 0 amide bonds. The molecule has 172 valence electrons. The molecule has 1 fully saturated rings. The Morgan fingerprint density at radius 1 is 1.06 bits per heavy atom. The molecule has 33 heavy (non-hydrogen) atoms. The van der Waals surface area contributed by atoms with Gasteiger partial charge in [0.05, 0.1) is 12.2 Å². The minimum absolute atomic E-state index is 0.0809. The van der Waals surface area contributed by atoms with Gasteiger partial charge in [0.15, 0.2) is 23.7 Å². The number of rotatable bonds is 4. The largest absolute Gasteiger partial charge is 0.450 e. The first-order chi connectivity index (χ1) is 15.8. The van der Waals surface area contributed by atoms with Crippen LogP contribution in [0.5, 0.6) is 0 Å². The number of carbonyl (C=O) groups is 1. The lowest BCUT2D eigenvalue weighted by Gasteiger charge is -2.49. The number of ether oxygens (including phenoxy) is 1. The molecule has 3 aliphatic heterocycles. The molecule has 0 unspecified atom stereocenters. The summed E-state index contributed by atoms with van der Waals surface area (Å²) in [6.07, 6.45) is -1.52. The number of aliphatic hydroxyl groups is 3. The number of hydrogen-bond donors (Lipinski definition) is 6. The Balaban J connectivity index is 1.68. The van der Waals surface area contributed by atoms with Gasteiger partial charge in [-0.25, -0.2) is 14.8 Å². The molecule has 0 radical (unpaired) electrons. The van der Waals surface area contributed by atoms with Crippen molar-refractivity contribution in [2.45, 2.75) is 35.7 Å². The minimum Gasteiger partial charge on any atom is -0.450 e. The minimum atomic E-state index is -2.73. The molecule has 0 aromatic heterocycles. The predicted molar refractivity (Wildman–Crippen MR) is 118 cm³/mol. The first kappa shape index (κ1) is 21.2. The van der Waals surface area contributed by atoms with Gasteiger partial charge in [-0.05, 0) is 17.7 Å². The molecule has 11 heteroatoms. The Kier molecular flexibility index (Phi) is 4.78. The van der Waals surface area contributed by atoms with Crippen molar-refractivity contribution < 1.29 is 24.9 Å². The molecule has 5 rings (SSSR count). The topological polar surface area (TPSA) is 179 Å². The summed E-state index contributed by atoms with van der Waals surface area (Å²) in [6.45, 7) is -0.458. The summed E-state index contributed by atoms with van der Waals surface area (Å²) in [5.41, 5.74) is 11.3. The van der Waals surface area contributed by atoms with Gasteiger partial charge < -0.3 is 41.7 Å². The summed E-state index contributed by atoms with van der Waals surface area (Å²) < 4.78 is 5.74. The Labute approximate surface area is 189 Å². The average molecular weight is 452 g/mol. The molecule has 1 saturated heterocycles. The molecule has 3 aliphatic rings. The van der Waals surface area contributed by atoms with Crippen LogP contribution in [0.3, 0.4) is 0 Å². The standard InChI is InChI=1S/C22H24N6O5/c23-19-26-16-14(11-29)25-20(24)28-15(12-7-3-1-4-8-12)17(22(31,32)21(16,28)27-19)33-18(30)13-9-5-2-6-10-13/h1-10,14-17,29,31-32H,11H2,(H2,24,25)(H3,23,26,27)/t14-,15+,16-,17-,21-/m0/s1. The number of nitrogens with one attached hydrogen (secondary N) is 1. The van der Waals surface area contributed by atoms with Gasteiger partial charge in [-0.15, -0.1) is 0 Å². The fourth-order valence-corrected chi connectivity index (χ4v) is 5.04. The van der Waals surface area contributed by atoms with E-state index in [2.05, 4.69) is 15.3 Å². The second kappa shape index (κ2) is 7.44. The van der Waals surface area contributed by atoms with Crippen LogP contribution in [-0.4, -0.2) is 74.4 Å². The lowest BCUT2D eigenvalue weighted by atomic mass is 9.85. The maximum Gasteiger partial charge on any atom is 0.338 e. The maximum atomic E-state index is 13.0. The van der Waals surface area contributed by atoms with Gasteiger partial charge in [0.1, 0.15) is 18.1 Å². The number of carbonyl (C=O) groups excluding carboxylic acids is 1. The van der Waals surface area contributed by atoms with Crippen LogP contribution < -0.4 is 16.8 Å². The Morgan fingerprint density at radius 2 is 1.70 bits per heavy atom. The quantitative estimate of drug-likeness (QED) is 0.241. The van der Waals surface area contributed by atoms with Crippen LogP contribution in [0.2, 0.25) is 0 Å². The fourth-order valence-electron chi connectivity index (χ4n) is 5.04. The van der Waals surface area contributed by atoms with E-state index in [-0.39, 0.29) is 17.5 Å². The smallest absolute Gasteiger partial charge is 0.338 e. The van der Waals surface area contributed by atoms with Gasteiger partial charge >= 0.3 is 5.97 Å². The van der Waals surface area contributed by atoms with E-state index in [0.29, 0.717) is 5.56 Å². The summed E-state index contributed by atoms with van der Waals surface area (Å²) in [6, 6.07) is 14.2. The third-order valence-electron chi connectivity index (χ3n) is 6.41. The number of hydrogen-bond acceptors (Lipinski definition) is 11. The highest BCUT2D eigenvalue weighted by molar-refractivity contribution is 5.90. The van der Waals surface area contributed by atoms with E-state index in [1.54, 1.807) is 60.7 Å². The van der Waals surface area contributed by atoms with E-state index in [1.165, 1.54) is 4.90 Å². The van der Waals surface area contributed by atoms with E-state index in [0.717, 1.165) is 0 Å². The van der Waals surface area contributed by atoms with Crippen molar-refractivity contribution in [1.82, 2.24) is 10.2 Å². The molecule has 2 aromatic carbocycles. The van der Waals surface area contributed by atoms with Crippen molar-refractivity contribution in [3.8, 4) is 0 Å². The van der Waals surface area contributed by atoms with Crippen LogP contribution in [0.15, 0.2) is 70.6 Å². The second-order valence-electron chi connectivity index (χ2n) is 8.23. The third-order valence-corrected chi connectivity index (χ3v) is 6.41. The molecule has 8 N–H and O–H groups in total. The van der Waals surface area contributed by atoms with Crippen molar-refractivity contribution in [1.29, 1.82) is 0 Å². The monoisotopic (exact) mass is 452 g/mol. The second-order valence-corrected chi connectivity index (χ2v) is 8.23. The van der Waals surface area contributed by atoms with Crippen molar-refractivity contribution in [3.63, 3.8) is 0 Å². The fraction of sp³-hybridized carbons (Fsp3) is 0.318. The Morgan fingerprint density at radius 3 is 2.33 bits per heavy atom. The molecule has 11 nitrogen and oxygen atoms in total. The van der Waals surface area contributed by atoms with Gasteiger partial charge in [-0.3, -0.25) is 0 Å². The van der Waals surface area contributed by atoms with Gasteiger partial charge in [0, 0.05) is 0 Å². The third kappa shape index (κ3) is 2.90. The van der Waals surface area contributed by atoms with E-state index in [9.17, 15) is 20.1 Å². The number of aliphatic hydroxyl groups excluding tert-OH is 1. The zero-order valence-corrected chi connectivity index (χ0v) is 17.4. The maximum absolute atomic E-state index is 13.0. The number of nitrogens with two attached hydrogens (primary N) is 2. The lowest BCUT2D eigenvalue weighted by Crippen LogP contribution is -2.77. The Bertz CT molecular complexity index is 1120. The molecule has 2 aromatic rings.